The van der Waals surface area contributed by atoms with Crippen molar-refractivity contribution < 1.29 is 9.47 Å². The van der Waals surface area contributed by atoms with E-state index >= 15 is 0 Å². The van der Waals surface area contributed by atoms with Gasteiger partial charge in [0.2, 0.25) is 0 Å². The Kier molecular flexibility index (Phi) is 7.44. The van der Waals surface area contributed by atoms with Crippen molar-refractivity contribution in [3.63, 3.8) is 0 Å². The molecule has 0 aliphatic rings. The lowest BCUT2D eigenvalue weighted by atomic mass is 10.2. The van der Waals surface area contributed by atoms with Crippen LogP contribution >= 0.6 is 23.8 Å². The molecule has 29 heavy (non-hydrogen) atoms. The van der Waals surface area contributed by atoms with Gasteiger partial charge in [-0.2, -0.15) is 5.10 Å². The smallest absolute Gasteiger partial charge is 0.191 e. The molecule has 0 saturated heterocycles. The zero-order valence-corrected chi connectivity index (χ0v) is 17.3. The van der Waals surface area contributed by atoms with Gasteiger partial charge in [0.15, 0.2) is 16.6 Å². The van der Waals surface area contributed by atoms with Crippen LogP contribution in [-0.2, 0) is 6.61 Å². The molecule has 0 spiro atoms. The highest BCUT2D eigenvalue weighted by atomic mass is 35.5. The fourth-order valence-electron chi connectivity index (χ4n) is 2.56. The van der Waals surface area contributed by atoms with E-state index in [1.807, 2.05) is 72.8 Å². The molecule has 2 N–H and O–H groups in total. The number of hydrogen-bond donors (Lipinski definition) is 2. The molecule has 0 atom stereocenters. The van der Waals surface area contributed by atoms with E-state index < -0.39 is 0 Å². The van der Waals surface area contributed by atoms with Crippen molar-refractivity contribution in [2.75, 3.05) is 12.4 Å². The summed E-state index contributed by atoms with van der Waals surface area (Å²) in [6.45, 7) is 0.308. The lowest BCUT2D eigenvalue weighted by Gasteiger charge is -2.14. The Morgan fingerprint density at radius 1 is 1.03 bits per heavy atom. The number of thiocarbonyl (C=S) groups is 1. The van der Waals surface area contributed by atoms with Gasteiger partial charge in [0, 0.05) is 21.8 Å². The molecule has 148 valence electrons. The zero-order chi connectivity index (χ0) is 20.5. The first-order chi connectivity index (χ1) is 14.2. The van der Waals surface area contributed by atoms with Gasteiger partial charge in [-0.15, -0.1) is 0 Å². The number of hydrogen-bond acceptors (Lipinski definition) is 4. The fourth-order valence-corrected chi connectivity index (χ4v) is 2.92. The van der Waals surface area contributed by atoms with Gasteiger partial charge in [0.05, 0.1) is 13.3 Å². The molecule has 0 aliphatic heterocycles. The molecule has 7 heteroatoms. The molecule has 0 heterocycles. The van der Waals surface area contributed by atoms with Gasteiger partial charge in [-0.1, -0.05) is 54.1 Å². The lowest BCUT2D eigenvalue weighted by molar-refractivity contribution is 0.284. The maximum absolute atomic E-state index is 6.22. The van der Waals surface area contributed by atoms with E-state index in [1.54, 1.807) is 13.3 Å². The van der Waals surface area contributed by atoms with Crippen LogP contribution in [0.3, 0.4) is 0 Å². The van der Waals surface area contributed by atoms with Crippen LogP contribution in [0.4, 0.5) is 5.69 Å². The predicted octanol–water partition coefficient (Wildman–Crippen LogP) is 5.25. The predicted molar refractivity (Wildman–Crippen MR) is 122 cm³/mol. The Hall–Kier alpha value is -3.09. The number of nitrogens with zero attached hydrogens (tertiary/aromatic N) is 1. The van der Waals surface area contributed by atoms with Gasteiger partial charge in [0.25, 0.3) is 0 Å². The van der Waals surface area contributed by atoms with Crippen LogP contribution in [0.5, 0.6) is 11.5 Å². The molecule has 3 rings (SSSR count). The lowest BCUT2D eigenvalue weighted by Crippen LogP contribution is -2.23. The van der Waals surface area contributed by atoms with E-state index in [9.17, 15) is 0 Å². The highest BCUT2D eigenvalue weighted by Crippen LogP contribution is 2.31. The second-order valence-corrected chi connectivity index (χ2v) is 6.76. The number of nitrogens with one attached hydrogen (secondary N) is 2. The van der Waals surface area contributed by atoms with Crippen LogP contribution in [0.15, 0.2) is 77.9 Å². The molecule has 0 radical (unpaired) electrons. The van der Waals surface area contributed by atoms with Crippen molar-refractivity contribution in [3.8, 4) is 11.5 Å². The summed E-state index contributed by atoms with van der Waals surface area (Å²) in [5.41, 5.74) is 5.31. The molecule has 0 amide bonds. The first kappa shape index (κ1) is 20.6. The minimum atomic E-state index is 0.308. The van der Waals surface area contributed by atoms with Gasteiger partial charge in [-0.05, 0) is 42.5 Å². The topological polar surface area (TPSA) is 54.9 Å². The van der Waals surface area contributed by atoms with E-state index in [0.717, 1.165) is 16.8 Å². The third kappa shape index (κ3) is 5.94. The Labute approximate surface area is 180 Å². The van der Waals surface area contributed by atoms with Gasteiger partial charge < -0.3 is 14.8 Å². The largest absolute Gasteiger partial charge is 0.493 e. The maximum atomic E-state index is 6.22. The quantitative estimate of drug-likeness (QED) is 0.307. The summed E-state index contributed by atoms with van der Waals surface area (Å²) in [6.07, 6.45) is 1.63. The molecular formula is C22H20ClN3O2S. The van der Waals surface area contributed by atoms with Crippen molar-refractivity contribution in [2.24, 2.45) is 5.10 Å². The average molecular weight is 426 g/mol. The number of benzene rings is 3. The third-order valence-corrected chi connectivity index (χ3v) is 4.52. The summed E-state index contributed by atoms with van der Waals surface area (Å²) in [5.74, 6) is 1.17. The Morgan fingerprint density at radius 3 is 2.55 bits per heavy atom. The van der Waals surface area contributed by atoms with E-state index in [4.69, 9.17) is 33.3 Å². The molecule has 0 aliphatic carbocycles. The second kappa shape index (κ2) is 10.5. The summed E-state index contributed by atoms with van der Waals surface area (Å²) in [6, 6.07) is 22.7. The SMILES string of the molecule is COc1cccc(C=NNC(=S)Nc2ccccc2)c1OCc1ccccc1Cl. The molecule has 0 saturated carbocycles. The normalized spacial score (nSPS) is 10.6. The molecule has 3 aromatic rings. The first-order valence-corrected chi connectivity index (χ1v) is 9.64. The van der Waals surface area contributed by atoms with Crippen LogP contribution in [0.2, 0.25) is 5.02 Å². The van der Waals surface area contributed by atoms with E-state index in [2.05, 4.69) is 15.8 Å². The van der Waals surface area contributed by atoms with Crippen molar-refractivity contribution in [1.29, 1.82) is 0 Å². The molecule has 0 aromatic heterocycles. The van der Waals surface area contributed by atoms with Crippen molar-refractivity contribution in [1.82, 2.24) is 5.43 Å². The maximum Gasteiger partial charge on any atom is 0.191 e. The van der Waals surface area contributed by atoms with E-state index in [-0.39, 0.29) is 0 Å². The molecule has 5 nitrogen and oxygen atoms in total. The molecule has 0 bridgehead atoms. The number of methoxy groups -OCH3 is 1. The number of anilines is 1. The number of halogens is 1. The average Bonchev–Trinajstić information content (AvgIpc) is 2.74. The van der Waals surface area contributed by atoms with Crippen LogP contribution in [0.1, 0.15) is 11.1 Å². The highest BCUT2D eigenvalue weighted by Gasteiger charge is 2.10. The van der Waals surface area contributed by atoms with Gasteiger partial charge >= 0.3 is 0 Å². The Bertz CT molecular complexity index is 996. The Morgan fingerprint density at radius 2 is 1.79 bits per heavy atom. The summed E-state index contributed by atoms with van der Waals surface area (Å²) >= 11 is 11.5. The minimum absolute atomic E-state index is 0.308. The second-order valence-electron chi connectivity index (χ2n) is 5.95. The molecular weight excluding hydrogens is 406 g/mol. The van der Waals surface area contributed by atoms with Crippen LogP contribution < -0.4 is 20.2 Å². The van der Waals surface area contributed by atoms with Crippen molar-refractivity contribution in [2.45, 2.75) is 6.61 Å². The third-order valence-electron chi connectivity index (χ3n) is 3.96. The summed E-state index contributed by atoms with van der Waals surface area (Å²) in [4.78, 5) is 0. The minimum Gasteiger partial charge on any atom is -0.493 e. The van der Waals surface area contributed by atoms with E-state index in [0.29, 0.717) is 28.2 Å². The highest BCUT2D eigenvalue weighted by molar-refractivity contribution is 7.80. The molecule has 0 fully saturated rings. The number of rotatable bonds is 7. The summed E-state index contributed by atoms with van der Waals surface area (Å²) < 4.78 is 11.4. The molecule has 3 aromatic carbocycles. The number of hydrazone groups is 1. The monoisotopic (exact) mass is 425 g/mol. The number of ether oxygens (including phenoxy) is 2. The van der Waals surface area contributed by atoms with Crippen LogP contribution in [-0.4, -0.2) is 18.4 Å². The summed E-state index contributed by atoms with van der Waals surface area (Å²) in [7, 11) is 1.59. The summed E-state index contributed by atoms with van der Waals surface area (Å²) in [5, 5.41) is 8.29. The number of para-hydroxylation sites is 2. The van der Waals surface area contributed by atoms with Gasteiger partial charge in [0.1, 0.15) is 6.61 Å². The van der Waals surface area contributed by atoms with Crippen molar-refractivity contribution >= 4 is 40.8 Å². The van der Waals surface area contributed by atoms with Crippen LogP contribution in [0, 0.1) is 0 Å². The Balaban J connectivity index is 1.69. The van der Waals surface area contributed by atoms with Crippen molar-refractivity contribution in [3.05, 3.63) is 88.9 Å². The van der Waals surface area contributed by atoms with Crippen LogP contribution in [0.25, 0.3) is 0 Å². The standard InChI is InChI=1S/C22H20ClN3O2S/c1-27-20-13-7-9-16(21(20)28-15-17-8-5-6-12-19(17)23)14-24-26-22(29)25-18-10-3-2-4-11-18/h2-14H,15H2,1H3,(H2,25,26,29). The molecule has 0 unspecified atom stereocenters. The van der Waals surface area contributed by atoms with Gasteiger partial charge in [-0.3, -0.25) is 5.43 Å². The first-order valence-electron chi connectivity index (χ1n) is 8.85. The zero-order valence-electron chi connectivity index (χ0n) is 15.8. The van der Waals surface area contributed by atoms with Gasteiger partial charge in [-0.25, -0.2) is 0 Å². The fraction of sp³-hybridized carbons (Fsp3) is 0.0909. The van der Waals surface area contributed by atoms with E-state index in [1.165, 1.54) is 0 Å².